The van der Waals surface area contributed by atoms with Crippen LogP contribution in [0, 0.1) is 0 Å². The van der Waals surface area contributed by atoms with Crippen molar-refractivity contribution in [2.45, 2.75) is 31.3 Å². The number of hydrogen-bond acceptors (Lipinski definition) is 7. The highest BCUT2D eigenvalue weighted by Crippen LogP contribution is 2.33. The number of amides is 3. The van der Waals surface area contributed by atoms with Crippen LogP contribution in [0.5, 0.6) is 5.75 Å². The zero-order chi connectivity index (χ0) is 20.8. The van der Waals surface area contributed by atoms with Gasteiger partial charge in [0.15, 0.2) is 11.4 Å². The number of piperidine rings is 1. The van der Waals surface area contributed by atoms with E-state index in [1.165, 1.54) is 7.11 Å². The van der Waals surface area contributed by atoms with E-state index in [2.05, 4.69) is 30.7 Å². The van der Waals surface area contributed by atoms with E-state index >= 15 is 0 Å². The molecule has 4 rings (SSSR count). The molecule has 2 aliphatic rings. The van der Waals surface area contributed by atoms with Crippen LogP contribution in [-0.2, 0) is 10.3 Å². The van der Waals surface area contributed by atoms with E-state index in [1.807, 2.05) is 7.05 Å². The molecule has 0 unspecified atom stereocenters. The van der Waals surface area contributed by atoms with E-state index in [-0.39, 0.29) is 17.4 Å². The predicted octanol–water partition coefficient (Wildman–Crippen LogP) is -0.0367. The van der Waals surface area contributed by atoms with Gasteiger partial charge in [0, 0.05) is 6.04 Å². The van der Waals surface area contributed by atoms with Crippen molar-refractivity contribution in [3.05, 3.63) is 28.3 Å². The number of carbonyl (C=O) groups excluding carboxylic acids is 2. The van der Waals surface area contributed by atoms with Gasteiger partial charge in [0.25, 0.3) is 5.91 Å². The Morgan fingerprint density at radius 1 is 1.21 bits per heavy atom. The molecule has 2 aliphatic heterocycles. The summed E-state index contributed by atoms with van der Waals surface area (Å²) in [4.78, 5) is 43.4. The van der Waals surface area contributed by atoms with Crippen molar-refractivity contribution < 1.29 is 14.3 Å². The number of aromatic amines is 1. The number of aromatic nitrogens is 4. The minimum atomic E-state index is -1.40. The van der Waals surface area contributed by atoms with Crippen molar-refractivity contribution in [2.75, 3.05) is 27.2 Å². The van der Waals surface area contributed by atoms with E-state index in [4.69, 9.17) is 4.74 Å². The molecule has 4 heterocycles. The molecule has 2 saturated heterocycles. The molecular formula is C18H23N7O4. The van der Waals surface area contributed by atoms with Crippen molar-refractivity contribution in [1.82, 2.24) is 35.3 Å². The lowest BCUT2D eigenvalue weighted by Crippen LogP contribution is -2.41. The Bertz CT molecular complexity index is 1020. The SMILES string of the molecule is COc1ccc(-c2n[nH]c(=O)n2C2CCN(C)CC2)nc1[C@]1(C)NC(=O)NC1=O. The monoisotopic (exact) mass is 401 g/mol. The standard InChI is InChI=1S/C18H23N7O4/c1-18(15(26)20-16(27)21-18)13-12(29-3)5-4-11(19-13)14-22-23-17(28)25(14)10-6-8-24(2)9-7-10/h4-5,10H,6-9H2,1-3H3,(H,23,28)(H2,20,21,26,27)/t18-/m0/s1. The molecule has 0 aromatic carbocycles. The summed E-state index contributed by atoms with van der Waals surface area (Å²) >= 11 is 0. The first-order valence-corrected chi connectivity index (χ1v) is 9.38. The summed E-state index contributed by atoms with van der Waals surface area (Å²) in [6.07, 6.45) is 1.64. The van der Waals surface area contributed by atoms with Gasteiger partial charge >= 0.3 is 11.7 Å². The third kappa shape index (κ3) is 3.16. The summed E-state index contributed by atoms with van der Waals surface area (Å²) < 4.78 is 6.99. The number of imide groups is 1. The lowest BCUT2D eigenvalue weighted by molar-refractivity contribution is -0.123. The summed E-state index contributed by atoms with van der Waals surface area (Å²) in [6, 6.07) is 2.74. The molecule has 11 nitrogen and oxygen atoms in total. The third-order valence-corrected chi connectivity index (χ3v) is 5.58. The maximum Gasteiger partial charge on any atom is 0.343 e. The molecule has 0 aliphatic carbocycles. The van der Waals surface area contributed by atoms with Gasteiger partial charge in [-0.1, -0.05) is 0 Å². The number of likely N-dealkylation sites (tertiary alicyclic amines) is 1. The largest absolute Gasteiger partial charge is 0.495 e. The van der Waals surface area contributed by atoms with Gasteiger partial charge in [0.1, 0.15) is 17.1 Å². The highest BCUT2D eigenvalue weighted by atomic mass is 16.5. The van der Waals surface area contributed by atoms with Gasteiger partial charge in [0.05, 0.1) is 7.11 Å². The van der Waals surface area contributed by atoms with E-state index in [1.54, 1.807) is 23.6 Å². The van der Waals surface area contributed by atoms with Gasteiger partial charge in [-0.15, -0.1) is 0 Å². The third-order valence-electron chi connectivity index (χ3n) is 5.58. The molecule has 3 N–H and O–H groups in total. The second kappa shape index (κ2) is 6.99. The van der Waals surface area contributed by atoms with Gasteiger partial charge < -0.3 is 15.0 Å². The number of H-pyrrole nitrogens is 1. The van der Waals surface area contributed by atoms with Gasteiger partial charge in [-0.25, -0.2) is 19.7 Å². The number of nitrogens with one attached hydrogen (secondary N) is 3. The Hall–Kier alpha value is -3.21. The Balaban J connectivity index is 1.79. The Morgan fingerprint density at radius 2 is 1.93 bits per heavy atom. The van der Waals surface area contributed by atoms with E-state index in [9.17, 15) is 14.4 Å². The van der Waals surface area contributed by atoms with Crippen LogP contribution in [0.4, 0.5) is 4.79 Å². The van der Waals surface area contributed by atoms with Crippen LogP contribution in [0.3, 0.4) is 0 Å². The van der Waals surface area contributed by atoms with Gasteiger partial charge in [-0.2, -0.15) is 5.10 Å². The Labute approximate surface area is 166 Å². The van der Waals surface area contributed by atoms with Gasteiger partial charge in [0.2, 0.25) is 0 Å². The summed E-state index contributed by atoms with van der Waals surface area (Å²) in [6.45, 7) is 3.32. The second-order valence-electron chi connectivity index (χ2n) is 7.54. The fourth-order valence-electron chi connectivity index (χ4n) is 3.88. The molecule has 0 radical (unpaired) electrons. The summed E-state index contributed by atoms with van der Waals surface area (Å²) in [5.74, 6) is 0.208. The highest BCUT2D eigenvalue weighted by molar-refractivity contribution is 6.07. The first kappa shape index (κ1) is 19.1. The van der Waals surface area contributed by atoms with Crippen LogP contribution >= 0.6 is 0 Å². The van der Waals surface area contributed by atoms with E-state index in [0.29, 0.717) is 17.3 Å². The average molecular weight is 401 g/mol. The highest BCUT2D eigenvalue weighted by Gasteiger charge is 2.47. The van der Waals surface area contributed by atoms with Crippen molar-refractivity contribution in [3.8, 4) is 17.3 Å². The molecule has 0 saturated carbocycles. The van der Waals surface area contributed by atoms with Crippen LogP contribution in [0.25, 0.3) is 11.5 Å². The first-order chi connectivity index (χ1) is 13.8. The topological polar surface area (TPSA) is 134 Å². The van der Waals surface area contributed by atoms with Gasteiger partial charge in [-0.3, -0.25) is 14.7 Å². The number of nitrogens with zero attached hydrogens (tertiary/aromatic N) is 4. The number of ether oxygens (including phenoxy) is 1. The van der Waals surface area contributed by atoms with Crippen LogP contribution in [0.1, 0.15) is 31.5 Å². The second-order valence-corrected chi connectivity index (χ2v) is 7.54. The first-order valence-electron chi connectivity index (χ1n) is 9.38. The molecule has 2 fully saturated rings. The smallest absolute Gasteiger partial charge is 0.343 e. The molecule has 0 bridgehead atoms. The van der Waals surface area contributed by atoms with Gasteiger partial charge in [-0.05, 0) is 52.0 Å². The minimum absolute atomic E-state index is 0.00451. The molecule has 1 atom stereocenters. The maximum atomic E-state index is 12.5. The van der Waals surface area contributed by atoms with E-state index in [0.717, 1.165) is 25.9 Å². The molecule has 0 spiro atoms. The number of carbonyl (C=O) groups is 2. The number of pyridine rings is 1. The lowest BCUT2D eigenvalue weighted by atomic mass is 9.96. The minimum Gasteiger partial charge on any atom is -0.495 e. The molecule has 11 heteroatoms. The van der Waals surface area contributed by atoms with Crippen LogP contribution in [0.15, 0.2) is 16.9 Å². The number of rotatable bonds is 4. The fourth-order valence-corrected chi connectivity index (χ4v) is 3.88. The zero-order valence-corrected chi connectivity index (χ0v) is 16.5. The Kier molecular flexibility index (Phi) is 4.61. The molecule has 29 heavy (non-hydrogen) atoms. The summed E-state index contributed by atoms with van der Waals surface area (Å²) in [5, 5.41) is 11.5. The molecule has 154 valence electrons. The molecular weight excluding hydrogens is 378 g/mol. The van der Waals surface area contributed by atoms with Crippen molar-refractivity contribution >= 4 is 11.9 Å². The maximum absolute atomic E-state index is 12.5. The number of hydrogen-bond donors (Lipinski definition) is 3. The predicted molar refractivity (Wildman–Crippen MR) is 102 cm³/mol. The van der Waals surface area contributed by atoms with E-state index < -0.39 is 17.5 Å². The summed E-state index contributed by atoms with van der Waals surface area (Å²) in [5.41, 5.74) is -1.04. The molecule has 3 amide bonds. The zero-order valence-electron chi connectivity index (χ0n) is 16.5. The molecule has 2 aromatic heterocycles. The molecule has 2 aromatic rings. The number of urea groups is 1. The van der Waals surface area contributed by atoms with Crippen LogP contribution < -0.4 is 21.1 Å². The van der Waals surface area contributed by atoms with Crippen LogP contribution in [0.2, 0.25) is 0 Å². The van der Waals surface area contributed by atoms with Crippen molar-refractivity contribution in [1.29, 1.82) is 0 Å². The average Bonchev–Trinajstić information content (AvgIpc) is 3.21. The normalized spacial score (nSPS) is 23.1. The number of methoxy groups -OCH3 is 1. The van der Waals surface area contributed by atoms with Crippen molar-refractivity contribution in [3.63, 3.8) is 0 Å². The Morgan fingerprint density at radius 3 is 2.55 bits per heavy atom. The fraction of sp³-hybridized carbons (Fsp3) is 0.500. The quantitative estimate of drug-likeness (QED) is 0.612. The van der Waals surface area contributed by atoms with Crippen LogP contribution in [-0.4, -0.2) is 63.8 Å². The lowest BCUT2D eigenvalue weighted by Gasteiger charge is -2.29. The van der Waals surface area contributed by atoms with Crippen molar-refractivity contribution in [2.24, 2.45) is 0 Å². The summed E-state index contributed by atoms with van der Waals surface area (Å²) in [7, 11) is 3.51.